The van der Waals surface area contributed by atoms with Gasteiger partial charge in [0.15, 0.2) is 0 Å². The molecule has 1 aliphatic heterocycles. The van der Waals surface area contributed by atoms with Crippen molar-refractivity contribution in [2.75, 3.05) is 13.2 Å². The van der Waals surface area contributed by atoms with Gasteiger partial charge in [-0.05, 0) is 0 Å². The van der Waals surface area contributed by atoms with Crippen molar-refractivity contribution in [3.63, 3.8) is 0 Å². The average Bonchev–Trinajstić information content (AvgIpc) is 2.20. The summed E-state index contributed by atoms with van der Waals surface area (Å²) >= 11 is 0. The molecule has 0 unspecified atom stereocenters. The first kappa shape index (κ1) is 7.21. The second-order valence-corrected chi connectivity index (χ2v) is 2.16. The van der Waals surface area contributed by atoms with Crippen molar-refractivity contribution >= 4 is 11.8 Å². The molecule has 56 valence electrons. The van der Waals surface area contributed by atoms with Crippen LogP contribution in [0, 0.1) is 0 Å². The van der Waals surface area contributed by atoms with Gasteiger partial charge in [0, 0.05) is 12.8 Å². The fraction of sp³-hybridized carbons (Fsp3) is 0.667. The first-order chi connectivity index (χ1) is 4.75. The van der Waals surface area contributed by atoms with Gasteiger partial charge in [0.25, 0.3) is 0 Å². The van der Waals surface area contributed by atoms with Gasteiger partial charge < -0.3 is 5.11 Å². The number of hydrogen-bond donors (Lipinski definition) is 1. The predicted molar refractivity (Wildman–Crippen MR) is 33.0 cm³/mol. The second kappa shape index (κ2) is 2.79. The molecule has 0 bridgehead atoms. The fourth-order valence-electron chi connectivity index (χ4n) is 0.972. The van der Waals surface area contributed by atoms with E-state index in [1.165, 1.54) is 0 Å². The zero-order valence-corrected chi connectivity index (χ0v) is 5.54. The molecule has 1 aliphatic rings. The lowest BCUT2D eigenvalue weighted by atomic mass is 10.4. The molecule has 1 fully saturated rings. The number of rotatable bonds is 2. The molecule has 0 spiro atoms. The summed E-state index contributed by atoms with van der Waals surface area (Å²) in [4.78, 5) is 22.6. The van der Waals surface area contributed by atoms with Crippen LogP contribution in [0.4, 0.5) is 0 Å². The highest BCUT2D eigenvalue weighted by atomic mass is 16.3. The van der Waals surface area contributed by atoms with Crippen molar-refractivity contribution in [3.8, 4) is 0 Å². The minimum Gasteiger partial charge on any atom is -0.395 e. The van der Waals surface area contributed by atoms with Crippen LogP contribution in [0.1, 0.15) is 12.8 Å². The summed E-state index contributed by atoms with van der Waals surface area (Å²) in [6.07, 6.45) is 0.609. The Morgan fingerprint density at radius 2 is 1.80 bits per heavy atom. The Morgan fingerprint density at radius 1 is 1.30 bits per heavy atom. The first-order valence-electron chi connectivity index (χ1n) is 3.20. The zero-order chi connectivity index (χ0) is 7.56. The lowest BCUT2D eigenvalue weighted by molar-refractivity contribution is -0.138. The van der Waals surface area contributed by atoms with Gasteiger partial charge in [-0.25, -0.2) is 0 Å². The van der Waals surface area contributed by atoms with E-state index in [1.54, 1.807) is 0 Å². The summed E-state index contributed by atoms with van der Waals surface area (Å²) < 4.78 is 0. The topological polar surface area (TPSA) is 57.6 Å². The largest absolute Gasteiger partial charge is 0.395 e. The van der Waals surface area contributed by atoms with E-state index in [0.717, 1.165) is 4.90 Å². The summed E-state index contributed by atoms with van der Waals surface area (Å²) in [7, 11) is 0. The van der Waals surface area contributed by atoms with Gasteiger partial charge in [-0.1, -0.05) is 0 Å². The molecule has 1 heterocycles. The quantitative estimate of drug-likeness (QED) is 0.511. The highest BCUT2D eigenvalue weighted by Crippen LogP contribution is 2.09. The van der Waals surface area contributed by atoms with Crippen LogP contribution < -0.4 is 0 Å². The van der Waals surface area contributed by atoms with E-state index >= 15 is 0 Å². The summed E-state index contributed by atoms with van der Waals surface area (Å²) in [5.74, 6) is -0.335. The van der Waals surface area contributed by atoms with Crippen LogP contribution >= 0.6 is 0 Å². The molecule has 1 N–H and O–H groups in total. The lowest BCUT2D eigenvalue weighted by Gasteiger charge is -2.10. The van der Waals surface area contributed by atoms with Crippen molar-refractivity contribution < 1.29 is 14.7 Å². The third-order valence-electron chi connectivity index (χ3n) is 1.48. The number of amides is 2. The second-order valence-electron chi connectivity index (χ2n) is 2.16. The number of β-amino-alcohol motifs (C(OH)–C–C–N with tert-alkyl or cyclic N) is 1. The van der Waals surface area contributed by atoms with E-state index in [2.05, 4.69) is 0 Å². The van der Waals surface area contributed by atoms with E-state index in [4.69, 9.17) is 5.11 Å². The maximum atomic E-state index is 10.8. The number of hydrogen-bond acceptors (Lipinski definition) is 3. The molecule has 10 heavy (non-hydrogen) atoms. The highest BCUT2D eigenvalue weighted by Gasteiger charge is 2.27. The van der Waals surface area contributed by atoms with Gasteiger partial charge in [-0.2, -0.15) is 0 Å². The van der Waals surface area contributed by atoms with Gasteiger partial charge in [-0.3, -0.25) is 14.5 Å². The van der Waals surface area contributed by atoms with E-state index in [9.17, 15) is 9.59 Å². The van der Waals surface area contributed by atoms with E-state index in [1.807, 2.05) is 0 Å². The van der Waals surface area contributed by atoms with Crippen LogP contribution in [-0.4, -0.2) is 35.0 Å². The van der Waals surface area contributed by atoms with Crippen molar-refractivity contribution in [3.05, 3.63) is 0 Å². The maximum Gasteiger partial charge on any atom is 0.229 e. The molecule has 0 aromatic carbocycles. The van der Waals surface area contributed by atoms with Gasteiger partial charge in [0.2, 0.25) is 11.8 Å². The SMILES string of the molecule is O=C1CCC(=O)N1CCO. The molecule has 4 nitrogen and oxygen atoms in total. The Labute approximate surface area is 58.4 Å². The van der Waals surface area contributed by atoms with Gasteiger partial charge in [-0.15, -0.1) is 0 Å². The summed E-state index contributed by atoms with van der Waals surface area (Å²) in [6.45, 7) is 0.00907. The Bertz CT molecular complexity index is 150. The zero-order valence-electron chi connectivity index (χ0n) is 5.54. The standard InChI is InChI=1S/C6H9NO3/c8-4-3-7-5(9)1-2-6(7)10/h8H,1-4H2. The molecule has 0 aromatic heterocycles. The van der Waals surface area contributed by atoms with Crippen LogP contribution in [0.15, 0.2) is 0 Å². The molecule has 0 aromatic rings. The minimum atomic E-state index is -0.168. The Kier molecular flexibility index (Phi) is 2.01. The van der Waals surface area contributed by atoms with Gasteiger partial charge in [0.1, 0.15) is 0 Å². The number of carbonyl (C=O) groups is 2. The molecule has 1 rings (SSSR count). The Hall–Kier alpha value is -0.900. The van der Waals surface area contributed by atoms with Gasteiger partial charge >= 0.3 is 0 Å². The van der Waals surface area contributed by atoms with Gasteiger partial charge in [0.05, 0.1) is 13.2 Å². The number of aliphatic hydroxyl groups excluding tert-OH is 1. The summed E-state index contributed by atoms with van der Waals surface area (Å²) in [5.41, 5.74) is 0. The van der Waals surface area contributed by atoms with Crippen LogP contribution in [0.2, 0.25) is 0 Å². The van der Waals surface area contributed by atoms with E-state index < -0.39 is 0 Å². The number of imide groups is 1. The highest BCUT2D eigenvalue weighted by molar-refractivity contribution is 6.01. The average molecular weight is 143 g/mol. The molecule has 1 saturated heterocycles. The maximum absolute atomic E-state index is 10.8. The normalized spacial score (nSPS) is 18.7. The Balaban J connectivity index is 2.54. The van der Waals surface area contributed by atoms with Crippen molar-refractivity contribution in [2.24, 2.45) is 0 Å². The first-order valence-corrected chi connectivity index (χ1v) is 3.20. The Morgan fingerprint density at radius 3 is 2.20 bits per heavy atom. The number of carbonyl (C=O) groups excluding carboxylic acids is 2. The summed E-state index contributed by atoms with van der Waals surface area (Å²) in [6, 6.07) is 0. The molecule has 0 radical (unpaired) electrons. The van der Waals surface area contributed by atoms with E-state index in [-0.39, 0.29) is 25.0 Å². The fourth-order valence-corrected chi connectivity index (χ4v) is 0.972. The number of nitrogens with zero attached hydrogens (tertiary/aromatic N) is 1. The monoisotopic (exact) mass is 143 g/mol. The number of aliphatic hydroxyl groups is 1. The van der Waals surface area contributed by atoms with E-state index in [0.29, 0.717) is 12.8 Å². The third-order valence-corrected chi connectivity index (χ3v) is 1.48. The number of likely N-dealkylation sites (tertiary alicyclic amines) is 1. The summed E-state index contributed by atoms with van der Waals surface area (Å²) in [5, 5.41) is 8.42. The van der Waals surface area contributed by atoms with Crippen LogP contribution in [0.3, 0.4) is 0 Å². The lowest BCUT2D eigenvalue weighted by Crippen LogP contribution is -2.31. The molecule has 4 heteroatoms. The van der Waals surface area contributed by atoms with Crippen molar-refractivity contribution in [2.45, 2.75) is 12.8 Å². The molecule has 0 atom stereocenters. The molecular weight excluding hydrogens is 134 g/mol. The van der Waals surface area contributed by atoms with Crippen molar-refractivity contribution in [1.82, 2.24) is 4.90 Å². The molecular formula is C6H9NO3. The molecule has 0 aliphatic carbocycles. The van der Waals surface area contributed by atoms with Crippen LogP contribution in [0.5, 0.6) is 0 Å². The predicted octanol–water partition coefficient (Wildman–Crippen LogP) is -0.872. The molecule has 0 saturated carbocycles. The van der Waals surface area contributed by atoms with Crippen LogP contribution in [0.25, 0.3) is 0 Å². The van der Waals surface area contributed by atoms with Crippen LogP contribution in [-0.2, 0) is 9.59 Å². The minimum absolute atomic E-state index is 0.141. The third kappa shape index (κ3) is 1.16. The smallest absolute Gasteiger partial charge is 0.229 e. The van der Waals surface area contributed by atoms with Crippen molar-refractivity contribution in [1.29, 1.82) is 0 Å². The molecule has 2 amide bonds.